The molecule has 0 radical (unpaired) electrons. The van der Waals surface area contributed by atoms with Gasteiger partial charge in [0, 0.05) is 5.71 Å². The smallest absolute Gasteiger partial charge is 0.430 e. The highest BCUT2D eigenvalue weighted by Gasteiger charge is 2.20. The van der Waals surface area contributed by atoms with E-state index in [1.165, 1.54) is 5.01 Å². The Morgan fingerprint density at radius 1 is 1.82 bits per heavy atom. The number of hydrazone groups is 1. The van der Waals surface area contributed by atoms with Crippen molar-refractivity contribution in [3.8, 4) is 0 Å². The Morgan fingerprint density at radius 2 is 2.55 bits per heavy atom. The maximum Gasteiger partial charge on any atom is 0.430 e. The highest BCUT2D eigenvalue weighted by molar-refractivity contribution is 5.83. The summed E-state index contributed by atoms with van der Waals surface area (Å²) in [5, 5.41) is 5.41. The summed E-state index contributed by atoms with van der Waals surface area (Å²) in [5.74, 6) is 0. The fourth-order valence-electron chi connectivity index (χ4n) is 0.753. The molecule has 1 heterocycles. The monoisotopic (exact) mass is 156 g/mol. The van der Waals surface area contributed by atoms with Gasteiger partial charge in [-0.1, -0.05) is 6.92 Å². The zero-order valence-electron chi connectivity index (χ0n) is 6.83. The first kappa shape index (κ1) is 8.04. The quantitative estimate of drug-likeness (QED) is 0.564. The van der Waals surface area contributed by atoms with Gasteiger partial charge in [-0.05, 0) is 13.3 Å². The molecule has 11 heavy (non-hydrogen) atoms. The zero-order valence-corrected chi connectivity index (χ0v) is 6.83. The van der Waals surface area contributed by atoms with Crippen molar-refractivity contribution in [3.63, 3.8) is 0 Å². The molecule has 62 valence electrons. The Kier molecular flexibility index (Phi) is 2.46. The predicted molar refractivity (Wildman–Crippen MR) is 41.5 cm³/mol. The second-order valence-corrected chi connectivity index (χ2v) is 2.43. The van der Waals surface area contributed by atoms with Gasteiger partial charge >= 0.3 is 6.09 Å². The predicted octanol–water partition coefficient (Wildman–Crippen LogP) is 1.22. The number of ether oxygens (including phenoxy) is 1. The lowest BCUT2D eigenvalue weighted by Gasteiger charge is -2.05. The lowest BCUT2D eigenvalue weighted by Crippen LogP contribution is -2.18. The van der Waals surface area contributed by atoms with Gasteiger partial charge in [0.1, 0.15) is 6.61 Å². The van der Waals surface area contributed by atoms with Gasteiger partial charge in [0.2, 0.25) is 0 Å². The number of hydrogen-bond donors (Lipinski definition) is 0. The van der Waals surface area contributed by atoms with E-state index in [2.05, 4.69) is 5.10 Å². The number of amides is 1. The van der Waals surface area contributed by atoms with Gasteiger partial charge in [-0.2, -0.15) is 10.1 Å². The average Bonchev–Trinajstić information content (AvgIpc) is 2.37. The van der Waals surface area contributed by atoms with Crippen LogP contribution >= 0.6 is 0 Å². The summed E-state index contributed by atoms with van der Waals surface area (Å²) in [5.41, 5.74) is 0.948. The second kappa shape index (κ2) is 3.37. The van der Waals surface area contributed by atoms with Crippen LogP contribution in [0.4, 0.5) is 4.79 Å². The molecular weight excluding hydrogens is 144 g/mol. The lowest BCUT2D eigenvalue weighted by atomic mass is 10.3. The summed E-state index contributed by atoms with van der Waals surface area (Å²) in [7, 11) is 0. The molecule has 0 saturated carbocycles. The molecule has 1 aliphatic rings. The number of rotatable bonds is 2. The van der Waals surface area contributed by atoms with Crippen LogP contribution in [-0.2, 0) is 4.74 Å². The molecule has 4 heteroatoms. The minimum absolute atomic E-state index is 0.335. The van der Waals surface area contributed by atoms with Gasteiger partial charge in [0.25, 0.3) is 0 Å². The first-order chi connectivity index (χ1) is 5.24. The first-order valence-corrected chi connectivity index (χ1v) is 3.72. The summed E-state index contributed by atoms with van der Waals surface area (Å²) in [4.78, 5) is 10.8. The van der Waals surface area contributed by atoms with Crippen LogP contribution in [0, 0.1) is 0 Å². The molecule has 1 saturated heterocycles. The van der Waals surface area contributed by atoms with Crippen molar-refractivity contribution in [1.29, 1.82) is 0 Å². The van der Waals surface area contributed by atoms with Crippen molar-refractivity contribution in [2.24, 2.45) is 5.10 Å². The fraction of sp³-hybridized carbons (Fsp3) is 0.714. The Labute approximate surface area is 65.8 Å². The van der Waals surface area contributed by atoms with Crippen molar-refractivity contribution in [1.82, 2.24) is 5.01 Å². The van der Waals surface area contributed by atoms with Crippen molar-refractivity contribution in [3.05, 3.63) is 0 Å². The van der Waals surface area contributed by atoms with Gasteiger partial charge in [-0.25, -0.2) is 4.79 Å². The zero-order chi connectivity index (χ0) is 8.27. The van der Waals surface area contributed by atoms with Crippen LogP contribution in [0.15, 0.2) is 5.10 Å². The van der Waals surface area contributed by atoms with E-state index in [1.54, 1.807) is 0 Å². The molecule has 0 atom stereocenters. The number of nitrogens with zero attached hydrogens (tertiary/aromatic N) is 2. The number of carbonyl (C=O) groups excluding carboxylic acids is 1. The molecule has 0 spiro atoms. The Morgan fingerprint density at radius 3 is 3.00 bits per heavy atom. The van der Waals surface area contributed by atoms with E-state index in [9.17, 15) is 4.79 Å². The molecule has 0 aliphatic carbocycles. The summed E-state index contributed by atoms with van der Waals surface area (Å²) >= 11 is 0. The molecule has 0 N–H and O–H groups in total. The molecule has 1 amide bonds. The van der Waals surface area contributed by atoms with Crippen LogP contribution in [0.1, 0.15) is 20.3 Å². The topological polar surface area (TPSA) is 41.9 Å². The molecule has 1 rings (SSSR count). The Hall–Kier alpha value is -1.06. The standard InChI is InChI=1S/C7H12N2O2/c1-3-6(2)8-9-4-5-11-7(9)10/h3-5H2,1-2H3/b8-6+. The molecule has 4 nitrogen and oxygen atoms in total. The molecule has 0 bridgehead atoms. The minimum Gasteiger partial charge on any atom is -0.446 e. The number of carbonyl (C=O) groups is 1. The highest BCUT2D eigenvalue weighted by atomic mass is 16.6. The molecule has 0 unspecified atom stereocenters. The fourth-order valence-corrected chi connectivity index (χ4v) is 0.753. The molecule has 0 aromatic rings. The van der Waals surface area contributed by atoms with Crippen LogP contribution in [0.5, 0.6) is 0 Å². The number of cyclic esters (lactones) is 1. The third kappa shape index (κ3) is 1.93. The molecular formula is C7H12N2O2. The third-order valence-electron chi connectivity index (χ3n) is 1.54. The third-order valence-corrected chi connectivity index (χ3v) is 1.54. The highest BCUT2D eigenvalue weighted by Crippen LogP contribution is 2.04. The van der Waals surface area contributed by atoms with Crippen LogP contribution in [-0.4, -0.2) is 30.0 Å². The van der Waals surface area contributed by atoms with E-state index < -0.39 is 0 Å². The van der Waals surface area contributed by atoms with Crippen LogP contribution < -0.4 is 0 Å². The largest absolute Gasteiger partial charge is 0.446 e. The number of hydrogen-bond acceptors (Lipinski definition) is 3. The summed E-state index contributed by atoms with van der Waals surface area (Å²) in [6, 6.07) is 0. The summed E-state index contributed by atoms with van der Waals surface area (Å²) in [6.07, 6.45) is 0.529. The van der Waals surface area contributed by atoms with E-state index in [4.69, 9.17) is 4.74 Å². The lowest BCUT2D eigenvalue weighted by molar-refractivity contribution is 0.159. The van der Waals surface area contributed by atoms with E-state index in [1.807, 2.05) is 13.8 Å². The van der Waals surface area contributed by atoms with Gasteiger partial charge < -0.3 is 4.74 Å². The van der Waals surface area contributed by atoms with Crippen molar-refractivity contribution < 1.29 is 9.53 Å². The van der Waals surface area contributed by atoms with E-state index in [-0.39, 0.29) is 6.09 Å². The van der Waals surface area contributed by atoms with Crippen LogP contribution in [0.2, 0.25) is 0 Å². The molecule has 1 fully saturated rings. The summed E-state index contributed by atoms with van der Waals surface area (Å²) < 4.78 is 4.69. The Bertz CT molecular complexity index is 189. The average molecular weight is 156 g/mol. The van der Waals surface area contributed by atoms with Crippen LogP contribution in [0.3, 0.4) is 0 Å². The van der Waals surface area contributed by atoms with E-state index >= 15 is 0 Å². The van der Waals surface area contributed by atoms with Gasteiger partial charge in [-0.3, -0.25) is 0 Å². The van der Waals surface area contributed by atoms with E-state index in [0.29, 0.717) is 13.2 Å². The summed E-state index contributed by atoms with van der Waals surface area (Å²) in [6.45, 7) is 4.93. The molecule has 0 aromatic carbocycles. The van der Waals surface area contributed by atoms with Crippen LogP contribution in [0.25, 0.3) is 0 Å². The van der Waals surface area contributed by atoms with Gasteiger partial charge in [-0.15, -0.1) is 0 Å². The van der Waals surface area contributed by atoms with Gasteiger partial charge in [0.15, 0.2) is 0 Å². The normalized spacial score (nSPS) is 18.9. The minimum atomic E-state index is -0.335. The van der Waals surface area contributed by atoms with Crippen molar-refractivity contribution >= 4 is 11.8 Å². The van der Waals surface area contributed by atoms with Crippen molar-refractivity contribution in [2.45, 2.75) is 20.3 Å². The first-order valence-electron chi connectivity index (χ1n) is 3.72. The van der Waals surface area contributed by atoms with Crippen molar-refractivity contribution in [2.75, 3.05) is 13.2 Å². The van der Waals surface area contributed by atoms with E-state index in [0.717, 1.165) is 12.1 Å². The maximum atomic E-state index is 10.8. The maximum absolute atomic E-state index is 10.8. The molecule has 1 aliphatic heterocycles. The second-order valence-electron chi connectivity index (χ2n) is 2.43. The van der Waals surface area contributed by atoms with Gasteiger partial charge in [0.05, 0.1) is 6.54 Å². The SMILES string of the molecule is CC/C(C)=N/N1CCOC1=O. The Balaban J connectivity index is 2.54. The molecule has 0 aromatic heterocycles.